The number of nitrogens with one attached hydrogen (secondary N) is 1. The van der Waals surface area contributed by atoms with Gasteiger partial charge in [0.15, 0.2) is 0 Å². The van der Waals surface area contributed by atoms with Crippen molar-refractivity contribution in [3.05, 3.63) is 28.8 Å². The van der Waals surface area contributed by atoms with Crippen LogP contribution in [0.1, 0.15) is 24.2 Å². The number of carbonyl (C=O) groups excluding carboxylic acids is 2. The third-order valence-electron chi connectivity index (χ3n) is 1.99. The highest BCUT2D eigenvalue weighted by atomic mass is 35.5. The second kappa shape index (κ2) is 6.86. The van der Waals surface area contributed by atoms with Crippen molar-refractivity contribution in [3.63, 3.8) is 0 Å². The zero-order valence-electron chi connectivity index (χ0n) is 10.2. The average molecular weight is 272 g/mol. The van der Waals surface area contributed by atoms with Gasteiger partial charge in [-0.2, -0.15) is 0 Å². The van der Waals surface area contributed by atoms with Crippen molar-refractivity contribution in [2.75, 3.05) is 18.5 Å². The summed E-state index contributed by atoms with van der Waals surface area (Å²) in [7, 11) is 0. The number of benzene rings is 1. The first-order valence-corrected chi connectivity index (χ1v) is 5.86. The van der Waals surface area contributed by atoms with E-state index in [1.807, 2.05) is 0 Å². The van der Waals surface area contributed by atoms with E-state index < -0.39 is 12.1 Å². The molecule has 0 aliphatic carbocycles. The smallest absolute Gasteiger partial charge is 0.411 e. The molecular formula is C12H14ClNO4. The lowest BCUT2D eigenvalue weighted by molar-refractivity contribution is 0.0527. The van der Waals surface area contributed by atoms with Gasteiger partial charge in [0.1, 0.15) is 0 Å². The van der Waals surface area contributed by atoms with Crippen molar-refractivity contribution in [1.82, 2.24) is 0 Å². The van der Waals surface area contributed by atoms with Crippen molar-refractivity contribution in [3.8, 4) is 0 Å². The molecule has 1 rings (SSSR count). The van der Waals surface area contributed by atoms with Gasteiger partial charge in [-0.05, 0) is 32.0 Å². The van der Waals surface area contributed by atoms with Crippen molar-refractivity contribution >= 4 is 29.4 Å². The van der Waals surface area contributed by atoms with Crippen molar-refractivity contribution in [2.24, 2.45) is 0 Å². The molecule has 0 bridgehead atoms. The van der Waals surface area contributed by atoms with Crippen LogP contribution in [0.3, 0.4) is 0 Å². The molecule has 0 radical (unpaired) electrons. The summed E-state index contributed by atoms with van der Waals surface area (Å²) >= 11 is 5.81. The molecule has 0 saturated carbocycles. The molecule has 0 saturated heterocycles. The van der Waals surface area contributed by atoms with Crippen LogP contribution in [0.4, 0.5) is 10.5 Å². The number of halogens is 1. The van der Waals surface area contributed by atoms with E-state index >= 15 is 0 Å². The van der Waals surface area contributed by atoms with Gasteiger partial charge in [-0.25, -0.2) is 9.59 Å². The molecule has 0 aromatic heterocycles. The monoisotopic (exact) mass is 271 g/mol. The number of rotatable bonds is 4. The van der Waals surface area contributed by atoms with Crippen molar-refractivity contribution in [1.29, 1.82) is 0 Å². The fraction of sp³-hybridized carbons (Fsp3) is 0.333. The van der Waals surface area contributed by atoms with Crippen LogP contribution in [0.15, 0.2) is 18.2 Å². The average Bonchev–Trinajstić information content (AvgIpc) is 2.29. The number of esters is 1. The fourth-order valence-electron chi connectivity index (χ4n) is 1.28. The molecule has 0 unspecified atom stereocenters. The molecule has 5 nitrogen and oxygen atoms in total. The van der Waals surface area contributed by atoms with Crippen LogP contribution in [0.25, 0.3) is 0 Å². The minimum Gasteiger partial charge on any atom is -0.462 e. The number of hydrogen-bond acceptors (Lipinski definition) is 4. The summed E-state index contributed by atoms with van der Waals surface area (Å²) in [5.74, 6) is -0.527. The zero-order chi connectivity index (χ0) is 13.5. The van der Waals surface area contributed by atoms with Crippen LogP contribution in [0, 0.1) is 0 Å². The Labute approximate surface area is 110 Å². The van der Waals surface area contributed by atoms with Gasteiger partial charge in [0, 0.05) is 5.02 Å². The van der Waals surface area contributed by atoms with E-state index in [1.165, 1.54) is 12.1 Å². The SMILES string of the molecule is CCOC(=O)Nc1cc(Cl)ccc1C(=O)OCC. The van der Waals surface area contributed by atoms with Gasteiger partial charge < -0.3 is 9.47 Å². The second-order valence-corrected chi connectivity index (χ2v) is 3.69. The van der Waals surface area contributed by atoms with Gasteiger partial charge in [0.2, 0.25) is 0 Å². The lowest BCUT2D eigenvalue weighted by atomic mass is 10.2. The normalized spacial score (nSPS) is 9.72. The minimum atomic E-state index is -0.648. The van der Waals surface area contributed by atoms with Crippen LogP contribution in [-0.4, -0.2) is 25.3 Å². The Morgan fingerprint density at radius 3 is 2.50 bits per heavy atom. The third kappa shape index (κ3) is 3.92. The molecule has 1 aromatic rings. The standard InChI is InChI=1S/C12H14ClNO4/c1-3-17-11(15)9-6-5-8(13)7-10(9)14-12(16)18-4-2/h5-7H,3-4H2,1-2H3,(H,14,16). The number of hydrogen-bond donors (Lipinski definition) is 1. The molecule has 0 fully saturated rings. The first kappa shape index (κ1) is 14.3. The molecule has 0 atom stereocenters. The third-order valence-corrected chi connectivity index (χ3v) is 2.22. The summed E-state index contributed by atoms with van der Waals surface area (Å²) < 4.78 is 9.61. The summed E-state index contributed by atoms with van der Waals surface area (Å²) in [5, 5.41) is 2.84. The van der Waals surface area contributed by atoms with E-state index in [4.69, 9.17) is 21.1 Å². The molecule has 0 aliphatic rings. The molecule has 1 N–H and O–H groups in total. The van der Waals surface area contributed by atoms with Crippen LogP contribution in [-0.2, 0) is 9.47 Å². The molecule has 18 heavy (non-hydrogen) atoms. The number of amides is 1. The maximum atomic E-state index is 11.7. The lowest BCUT2D eigenvalue weighted by Crippen LogP contribution is -2.16. The van der Waals surface area contributed by atoms with Gasteiger partial charge in [-0.3, -0.25) is 5.32 Å². The largest absolute Gasteiger partial charge is 0.462 e. The van der Waals surface area contributed by atoms with Crippen molar-refractivity contribution < 1.29 is 19.1 Å². The van der Waals surface area contributed by atoms with E-state index in [2.05, 4.69) is 5.32 Å². The Morgan fingerprint density at radius 2 is 1.89 bits per heavy atom. The highest BCUT2D eigenvalue weighted by molar-refractivity contribution is 6.31. The van der Waals surface area contributed by atoms with E-state index in [0.29, 0.717) is 5.02 Å². The fourth-order valence-corrected chi connectivity index (χ4v) is 1.46. The quantitative estimate of drug-likeness (QED) is 0.855. The van der Waals surface area contributed by atoms with Crippen LogP contribution in [0.5, 0.6) is 0 Å². The number of carbonyl (C=O) groups is 2. The van der Waals surface area contributed by atoms with Crippen molar-refractivity contribution in [2.45, 2.75) is 13.8 Å². The molecule has 0 spiro atoms. The Kier molecular flexibility index (Phi) is 5.45. The minimum absolute atomic E-state index is 0.231. The molecule has 1 aromatic carbocycles. The second-order valence-electron chi connectivity index (χ2n) is 3.26. The lowest BCUT2D eigenvalue weighted by Gasteiger charge is -2.10. The molecule has 0 heterocycles. The topological polar surface area (TPSA) is 64.6 Å². The Bertz CT molecular complexity index is 448. The van der Waals surface area contributed by atoms with Crippen LogP contribution >= 0.6 is 11.6 Å². The summed E-state index contributed by atoms with van der Waals surface area (Å²) in [5.41, 5.74) is 0.494. The van der Waals surface area contributed by atoms with Gasteiger partial charge in [-0.1, -0.05) is 11.6 Å². The van der Waals surface area contributed by atoms with E-state index in [0.717, 1.165) is 0 Å². The van der Waals surface area contributed by atoms with E-state index in [1.54, 1.807) is 19.9 Å². The summed E-state index contributed by atoms with van der Waals surface area (Å²) in [4.78, 5) is 23.0. The Hall–Kier alpha value is -1.75. The molecule has 6 heteroatoms. The molecule has 0 aliphatic heterocycles. The first-order valence-electron chi connectivity index (χ1n) is 5.49. The van der Waals surface area contributed by atoms with Gasteiger partial charge in [0.05, 0.1) is 24.5 Å². The maximum absolute atomic E-state index is 11.7. The summed E-state index contributed by atoms with van der Waals surface area (Å²) in [6.45, 7) is 3.87. The Balaban J connectivity index is 2.96. The van der Waals surface area contributed by atoms with Gasteiger partial charge in [-0.15, -0.1) is 0 Å². The zero-order valence-corrected chi connectivity index (χ0v) is 10.9. The predicted octanol–water partition coefficient (Wildman–Crippen LogP) is 3.09. The summed E-state index contributed by atoms with van der Waals surface area (Å²) in [6.07, 6.45) is -0.648. The van der Waals surface area contributed by atoms with Gasteiger partial charge in [0.25, 0.3) is 0 Å². The number of ether oxygens (including phenoxy) is 2. The highest BCUT2D eigenvalue weighted by Crippen LogP contribution is 2.22. The predicted molar refractivity (Wildman–Crippen MR) is 68.1 cm³/mol. The van der Waals surface area contributed by atoms with Gasteiger partial charge >= 0.3 is 12.1 Å². The maximum Gasteiger partial charge on any atom is 0.411 e. The van der Waals surface area contributed by atoms with E-state index in [9.17, 15) is 9.59 Å². The summed E-state index contributed by atoms with van der Waals surface area (Å²) in [6, 6.07) is 4.50. The highest BCUT2D eigenvalue weighted by Gasteiger charge is 2.15. The Morgan fingerprint density at radius 1 is 1.22 bits per heavy atom. The van der Waals surface area contributed by atoms with Crippen LogP contribution < -0.4 is 5.32 Å². The molecule has 98 valence electrons. The van der Waals surface area contributed by atoms with Crippen LogP contribution in [0.2, 0.25) is 5.02 Å². The first-order chi connectivity index (χ1) is 8.58. The molecular weight excluding hydrogens is 258 g/mol. The molecule has 1 amide bonds. The number of anilines is 1. The van der Waals surface area contributed by atoms with E-state index in [-0.39, 0.29) is 24.5 Å².